The Morgan fingerprint density at radius 3 is 2.62 bits per heavy atom. The van der Waals surface area contributed by atoms with Crippen LogP contribution in [0.2, 0.25) is 0 Å². The fourth-order valence-corrected chi connectivity index (χ4v) is 2.44. The first-order valence-electron chi connectivity index (χ1n) is 6.08. The summed E-state index contributed by atoms with van der Waals surface area (Å²) in [5.74, 6) is 0.522. The number of ether oxygens (including phenoxy) is 1. The first-order valence-corrected chi connectivity index (χ1v) is 6.08. The van der Waals surface area contributed by atoms with E-state index in [1.54, 1.807) is 0 Å². The summed E-state index contributed by atoms with van der Waals surface area (Å²) >= 11 is 0. The standard InChI is InChI=1S/C14H21NO/c1-11(7-10-15)12-5-3-4-6-13(12)14(16-2)8-9-14/h3-6,11H,7-10,15H2,1-2H3. The van der Waals surface area contributed by atoms with E-state index in [1.165, 1.54) is 11.1 Å². The van der Waals surface area contributed by atoms with Gasteiger partial charge in [0.2, 0.25) is 0 Å². The zero-order valence-corrected chi connectivity index (χ0v) is 10.2. The van der Waals surface area contributed by atoms with Gasteiger partial charge in [0.1, 0.15) is 0 Å². The molecule has 1 fully saturated rings. The minimum Gasteiger partial charge on any atom is -0.374 e. The van der Waals surface area contributed by atoms with E-state index in [0.717, 1.165) is 25.8 Å². The predicted octanol–water partition coefficient (Wildman–Crippen LogP) is 2.77. The van der Waals surface area contributed by atoms with Crippen LogP contribution in [0.25, 0.3) is 0 Å². The Hall–Kier alpha value is -0.860. The van der Waals surface area contributed by atoms with Crippen molar-refractivity contribution in [3.05, 3.63) is 35.4 Å². The molecule has 2 rings (SSSR count). The highest BCUT2D eigenvalue weighted by atomic mass is 16.5. The maximum atomic E-state index is 5.67. The molecule has 1 atom stereocenters. The Labute approximate surface area is 97.8 Å². The molecule has 1 aliphatic rings. The lowest BCUT2D eigenvalue weighted by Gasteiger charge is -2.21. The molecule has 0 aromatic heterocycles. The first-order chi connectivity index (χ1) is 7.73. The van der Waals surface area contributed by atoms with Gasteiger partial charge in [0, 0.05) is 7.11 Å². The number of nitrogens with two attached hydrogens (primary N) is 1. The van der Waals surface area contributed by atoms with E-state index in [1.807, 2.05) is 7.11 Å². The molecule has 0 spiro atoms. The smallest absolute Gasteiger partial charge is 0.0932 e. The van der Waals surface area contributed by atoms with Crippen molar-refractivity contribution in [1.82, 2.24) is 0 Å². The van der Waals surface area contributed by atoms with Crippen molar-refractivity contribution in [3.8, 4) is 0 Å². The topological polar surface area (TPSA) is 35.2 Å². The number of benzene rings is 1. The molecule has 2 N–H and O–H groups in total. The molecule has 1 unspecified atom stereocenters. The zero-order valence-electron chi connectivity index (χ0n) is 10.2. The summed E-state index contributed by atoms with van der Waals surface area (Å²) < 4.78 is 5.67. The van der Waals surface area contributed by atoms with Gasteiger partial charge in [-0.1, -0.05) is 31.2 Å². The van der Waals surface area contributed by atoms with Crippen LogP contribution >= 0.6 is 0 Å². The third-order valence-corrected chi connectivity index (χ3v) is 3.68. The van der Waals surface area contributed by atoms with E-state index < -0.39 is 0 Å². The monoisotopic (exact) mass is 219 g/mol. The largest absolute Gasteiger partial charge is 0.374 e. The molecular weight excluding hydrogens is 198 g/mol. The van der Waals surface area contributed by atoms with Crippen LogP contribution in [0, 0.1) is 0 Å². The summed E-state index contributed by atoms with van der Waals surface area (Å²) in [6.45, 7) is 2.99. The summed E-state index contributed by atoms with van der Waals surface area (Å²) in [4.78, 5) is 0. The van der Waals surface area contributed by atoms with Gasteiger partial charge < -0.3 is 10.5 Å². The molecule has 0 bridgehead atoms. The Kier molecular flexibility index (Phi) is 3.31. The summed E-state index contributed by atoms with van der Waals surface area (Å²) in [5.41, 5.74) is 8.44. The number of hydrogen-bond acceptors (Lipinski definition) is 2. The predicted molar refractivity (Wildman–Crippen MR) is 66.4 cm³/mol. The average Bonchev–Trinajstić information content (AvgIpc) is 3.10. The molecule has 88 valence electrons. The van der Waals surface area contributed by atoms with Crippen LogP contribution in [0.15, 0.2) is 24.3 Å². The molecule has 0 amide bonds. The highest BCUT2D eigenvalue weighted by Crippen LogP contribution is 2.50. The number of rotatable bonds is 5. The van der Waals surface area contributed by atoms with E-state index in [4.69, 9.17) is 10.5 Å². The minimum atomic E-state index is 0.0133. The van der Waals surface area contributed by atoms with E-state index in [9.17, 15) is 0 Å². The highest BCUT2D eigenvalue weighted by molar-refractivity contribution is 5.38. The van der Waals surface area contributed by atoms with Gasteiger partial charge in [-0.05, 0) is 42.9 Å². The second-order valence-electron chi connectivity index (χ2n) is 4.76. The fraction of sp³-hybridized carbons (Fsp3) is 0.571. The quantitative estimate of drug-likeness (QED) is 0.826. The molecule has 1 saturated carbocycles. The Morgan fingerprint density at radius 1 is 1.38 bits per heavy atom. The summed E-state index contributed by atoms with van der Waals surface area (Å²) in [7, 11) is 1.82. The van der Waals surface area contributed by atoms with Crippen molar-refractivity contribution in [2.45, 2.75) is 37.7 Å². The van der Waals surface area contributed by atoms with Gasteiger partial charge in [-0.3, -0.25) is 0 Å². The van der Waals surface area contributed by atoms with Crippen LogP contribution in [-0.2, 0) is 10.3 Å². The third kappa shape index (κ3) is 2.00. The van der Waals surface area contributed by atoms with Gasteiger partial charge in [-0.25, -0.2) is 0 Å². The molecule has 16 heavy (non-hydrogen) atoms. The van der Waals surface area contributed by atoms with Crippen molar-refractivity contribution in [2.75, 3.05) is 13.7 Å². The van der Waals surface area contributed by atoms with Gasteiger partial charge in [0.15, 0.2) is 0 Å². The Bertz CT molecular complexity index is 358. The van der Waals surface area contributed by atoms with Gasteiger partial charge in [0.05, 0.1) is 5.60 Å². The van der Waals surface area contributed by atoms with E-state index in [0.29, 0.717) is 5.92 Å². The summed E-state index contributed by atoms with van der Waals surface area (Å²) in [6.07, 6.45) is 3.34. The molecule has 1 aromatic rings. The van der Waals surface area contributed by atoms with Crippen molar-refractivity contribution in [3.63, 3.8) is 0 Å². The fourth-order valence-electron chi connectivity index (χ4n) is 2.44. The molecule has 0 heterocycles. The molecule has 2 nitrogen and oxygen atoms in total. The van der Waals surface area contributed by atoms with Crippen LogP contribution in [0.3, 0.4) is 0 Å². The van der Waals surface area contributed by atoms with Crippen LogP contribution in [-0.4, -0.2) is 13.7 Å². The van der Waals surface area contributed by atoms with Gasteiger partial charge in [-0.2, -0.15) is 0 Å². The van der Waals surface area contributed by atoms with Crippen molar-refractivity contribution in [1.29, 1.82) is 0 Å². The molecule has 0 saturated heterocycles. The SMILES string of the molecule is COC1(c2ccccc2C(C)CCN)CC1. The third-order valence-electron chi connectivity index (χ3n) is 3.68. The maximum Gasteiger partial charge on any atom is 0.0932 e. The number of methoxy groups -OCH3 is 1. The van der Waals surface area contributed by atoms with Gasteiger partial charge in [0.25, 0.3) is 0 Å². The molecule has 1 aromatic carbocycles. The molecular formula is C14H21NO. The molecule has 1 aliphatic carbocycles. The summed E-state index contributed by atoms with van der Waals surface area (Å²) in [5, 5.41) is 0. The minimum absolute atomic E-state index is 0.0133. The lowest BCUT2D eigenvalue weighted by molar-refractivity contribution is 0.0778. The second kappa shape index (κ2) is 4.56. The normalized spacial score (nSPS) is 19.4. The van der Waals surface area contributed by atoms with Crippen LogP contribution < -0.4 is 5.73 Å². The second-order valence-corrected chi connectivity index (χ2v) is 4.76. The van der Waals surface area contributed by atoms with Crippen LogP contribution in [0.1, 0.15) is 43.2 Å². The zero-order chi connectivity index (χ0) is 11.6. The first kappa shape index (κ1) is 11.6. The number of hydrogen-bond donors (Lipinski definition) is 1. The Balaban J connectivity index is 2.31. The lowest BCUT2D eigenvalue weighted by atomic mass is 9.90. The molecule has 2 heteroatoms. The van der Waals surface area contributed by atoms with Crippen molar-refractivity contribution >= 4 is 0 Å². The summed E-state index contributed by atoms with van der Waals surface area (Å²) in [6, 6.07) is 8.64. The maximum absolute atomic E-state index is 5.67. The molecule has 0 radical (unpaired) electrons. The van der Waals surface area contributed by atoms with Crippen molar-refractivity contribution < 1.29 is 4.74 Å². The van der Waals surface area contributed by atoms with Gasteiger partial charge >= 0.3 is 0 Å². The van der Waals surface area contributed by atoms with E-state index >= 15 is 0 Å². The van der Waals surface area contributed by atoms with E-state index in [-0.39, 0.29) is 5.60 Å². The van der Waals surface area contributed by atoms with Crippen LogP contribution in [0.5, 0.6) is 0 Å². The average molecular weight is 219 g/mol. The van der Waals surface area contributed by atoms with Crippen molar-refractivity contribution in [2.24, 2.45) is 5.73 Å². The molecule has 0 aliphatic heterocycles. The lowest BCUT2D eigenvalue weighted by Crippen LogP contribution is -2.14. The van der Waals surface area contributed by atoms with Crippen LogP contribution in [0.4, 0.5) is 0 Å². The van der Waals surface area contributed by atoms with E-state index in [2.05, 4.69) is 31.2 Å². The van der Waals surface area contributed by atoms with Gasteiger partial charge in [-0.15, -0.1) is 0 Å². The highest BCUT2D eigenvalue weighted by Gasteiger charge is 2.46. The Morgan fingerprint density at radius 2 is 2.06 bits per heavy atom.